The first-order valence-electron chi connectivity index (χ1n) is 9.03. The van der Waals surface area contributed by atoms with Crippen molar-refractivity contribution in [2.45, 2.75) is 26.5 Å². The fourth-order valence-electron chi connectivity index (χ4n) is 3.31. The minimum absolute atomic E-state index is 0.237. The van der Waals surface area contributed by atoms with Crippen LogP contribution in [0, 0.1) is 25.2 Å². The highest BCUT2D eigenvalue weighted by atomic mass is 16.6. The van der Waals surface area contributed by atoms with Crippen molar-refractivity contribution >= 4 is 0 Å². The number of nitrogens with zero attached hydrogens (tertiary/aromatic N) is 3. The Morgan fingerprint density at radius 3 is 2.93 bits per heavy atom. The number of fused-ring (bicyclic) bond motifs is 1. The number of hydrogen-bond donors (Lipinski definition) is 0. The summed E-state index contributed by atoms with van der Waals surface area (Å²) in [6.45, 7) is 4.98. The highest BCUT2D eigenvalue weighted by molar-refractivity contribution is 5.74. The maximum Gasteiger partial charge on any atom is 0.300 e. The second kappa shape index (κ2) is 7.20. The van der Waals surface area contributed by atoms with Gasteiger partial charge in [0.1, 0.15) is 12.4 Å². The van der Waals surface area contributed by atoms with Gasteiger partial charge in [0.05, 0.1) is 18.2 Å². The van der Waals surface area contributed by atoms with Gasteiger partial charge in [-0.1, -0.05) is 18.2 Å². The molecule has 6 nitrogen and oxygen atoms in total. The number of rotatable bonds is 4. The van der Waals surface area contributed by atoms with E-state index in [-0.39, 0.29) is 11.7 Å². The predicted molar refractivity (Wildman–Crippen MR) is 104 cm³/mol. The van der Waals surface area contributed by atoms with Crippen LogP contribution in [0.3, 0.4) is 0 Å². The Kier molecular flexibility index (Phi) is 4.58. The molecule has 0 N–H and O–H groups in total. The highest BCUT2D eigenvalue weighted by Gasteiger charge is 2.23. The molecule has 6 heteroatoms. The van der Waals surface area contributed by atoms with Crippen LogP contribution in [0.15, 0.2) is 53.5 Å². The van der Waals surface area contributed by atoms with Crippen LogP contribution < -0.4 is 15.0 Å². The van der Waals surface area contributed by atoms with Gasteiger partial charge < -0.3 is 9.47 Å². The molecule has 0 aliphatic carbocycles. The third-order valence-corrected chi connectivity index (χ3v) is 4.96. The van der Waals surface area contributed by atoms with Crippen molar-refractivity contribution in [2.24, 2.45) is 0 Å². The average molecular weight is 373 g/mol. The zero-order valence-electron chi connectivity index (χ0n) is 15.7. The quantitative estimate of drug-likeness (QED) is 0.702. The van der Waals surface area contributed by atoms with Crippen LogP contribution in [0.1, 0.15) is 16.7 Å². The second-order valence-electron chi connectivity index (χ2n) is 6.82. The molecule has 1 aliphatic rings. The van der Waals surface area contributed by atoms with E-state index in [1.165, 1.54) is 11.6 Å². The van der Waals surface area contributed by atoms with Crippen LogP contribution in [0.2, 0.25) is 0 Å². The van der Waals surface area contributed by atoms with Crippen LogP contribution in [-0.2, 0) is 6.54 Å². The van der Waals surface area contributed by atoms with Crippen molar-refractivity contribution in [3.05, 3.63) is 75.7 Å². The molecule has 0 amide bonds. The van der Waals surface area contributed by atoms with Gasteiger partial charge in [0.2, 0.25) is 0 Å². The Morgan fingerprint density at radius 1 is 1.25 bits per heavy atom. The van der Waals surface area contributed by atoms with Gasteiger partial charge in [-0.05, 0) is 54.3 Å². The van der Waals surface area contributed by atoms with Crippen molar-refractivity contribution in [3.8, 4) is 29.0 Å². The van der Waals surface area contributed by atoms with Crippen LogP contribution in [0.5, 0.6) is 11.8 Å². The zero-order chi connectivity index (χ0) is 19.7. The lowest BCUT2D eigenvalue weighted by molar-refractivity contribution is 0.143. The SMILES string of the molecule is Cc1cccc(-c2ccc(OCC3Cn4ccc(=O)nc4O3)cc2C#N)c1C. The van der Waals surface area contributed by atoms with E-state index in [0.29, 0.717) is 30.5 Å². The Hall–Kier alpha value is -3.59. The van der Waals surface area contributed by atoms with Crippen LogP contribution in [0.25, 0.3) is 11.1 Å². The lowest BCUT2D eigenvalue weighted by Crippen LogP contribution is -2.23. The van der Waals surface area contributed by atoms with Gasteiger partial charge in [-0.25, -0.2) is 0 Å². The number of benzene rings is 2. The number of nitriles is 1. The molecule has 1 aromatic heterocycles. The molecule has 0 fully saturated rings. The fourth-order valence-corrected chi connectivity index (χ4v) is 3.31. The molecule has 2 aromatic carbocycles. The molecule has 1 atom stereocenters. The van der Waals surface area contributed by atoms with Gasteiger partial charge in [0, 0.05) is 12.3 Å². The van der Waals surface area contributed by atoms with Gasteiger partial charge in [-0.3, -0.25) is 9.36 Å². The van der Waals surface area contributed by atoms with E-state index in [2.05, 4.69) is 31.0 Å². The Bertz CT molecular complexity index is 1140. The third-order valence-electron chi connectivity index (χ3n) is 4.96. The van der Waals surface area contributed by atoms with Gasteiger partial charge in [-0.15, -0.1) is 0 Å². The van der Waals surface area contributed by atoms with Crippen LogP contribution in [-0.4, -0.2) is 22.3 Å². The summed E-state index contributed by atoms with van der Waals surface area (Å²) in [6, 6.07) is 15.6. The second-order valence-corrected chi connectivity index (χ2v) is 6.82. The van der Waals surface area contributed by atoms with Crippen molar-refractivity contribution in [1.82, 2.24) is 9.55 Å². The first-order valence-corrected chi connectivity index (χ1v) is 9.03. The first kappa shape index (κ1) is 17.8. The van der Waals surface area contributed by atoms with Gasteiger partial charge >= 0.3 is 0 Å². The smallest absolute Gasteiger partial charge is 0.300 e. The molecular weight excluding hydrogens is 354 g/mol. The maximum absolute atomic E-state index is 11.3. The highest BCUT2D eigenvalue weighted by Crippen LogP contribution is 2.31. The fraction of sp³-hybridized carbons (Fsp3) is 0.227. The zero-order valence-corrected chi connectivity index (χ0v) is 15.7. The predicted octanol–water partition coefficient (Wildman–Crippen LogP) is 3.24. The minimum Gasteiger partial charge on any atom is -0.490 e. The van der Waals surface area contributed by atoms with E-state index in [0.717, 1.165) is 16.7 Å². The van der Waals surface area contributed by atoms with Crippen molar-refractivity contribution in [2.75, 3.05) is 6.61 Å². The van der Waals surface area contributed by atoms with Crippen LogP contribution >= 0.6 is 0 Å². The number of aryl methyl sites for hydroxylation is 1. The summed E-state index contributed by atoms with van der Waals surface area (Å²) in [7, 11) is 0. The van der Waals surface area contributed by atoms with Gasteiger partial charge in [0.15, 0.2) is 6.10 Å². The molecule has 0 spiro atoms. The number of ether oxygens (including phenoxy) is 2. The molecule has 1 aliphatic heterocycles. The van der Waals surface area contributed by atoms with E-state index in [9.17, 15) is 10.1 Å². The lowest BCUT2D eigenvalue weighted by atomic mass is 9.94. The molecule has 140 valence electrons. The molecular formula is C22H19N3O3. The largest absolute Gasteiger partial charge is 0.490 e. The minimum atomic E-state index is -0.325. The molecule has 0 bridgehead atoms. The Balaban J connectivity index is 1.50. The van der Waals surface area contributed by atoms with Gasteiger partial charge in [-0.2, -0.15) is 10.2 Å². The molecule has 4 rings (SSSR count). The summed E-state index contributed by atoms with van der Waals surface area (Å²) >= 11 is 0. The van der Waals surface area contributed by atoms with Crippen LogP contribution in [0.4, 0.5) is 0 Å². The summed E-state index contributed by atoms with van der Waals surface area (Å²) in [5.41, 5.74) is 4.53. The topological polar surface area (TPSA) is 77.1 Å². The Labute approximate surface area is 162 Å². The van der Waals surface area contributed by atoms with Crippen molar-refractivity contribution < 1.29 is 9.47 Å². The summed E-state index contributed by atoms with van der Waals surface area (Å²) in [4.78, 5) is 15.1. The van der Waals surface area contributed by atoms with E-state index in [1.807, 2.05) is 24.3 Å². The molecule has 0 saturated heterocycles. The summed E-state index contributed by atoms with van der Waals surface area (Å²) in [5, 5.41) is 9.62. The van der Waals surface area contributed by atoms with Crippen molar-refractivity contribution in [1.29, 1.82) is 5.26 Å². The first-order chi connectivity index (χ1) is 13.5. The number of hydrogen-bond acceptors (Lipinski definition) is 5. The normalized spacial score (nSPS) is 14.8. The molecule has 0 radical (unpaired) electrons. The van der Waals surface area contributed by atoms with E-state index < -0.39 is 0 Å². The monoisotopic (exact) mass is 373 g/mol. The van der Waals surface area contributed by atoms with E-state index in [1.54, 1.807) is 16.8 Å². The van der Waals surface area contributed by atoms with Crippen molar-refractivity contribution in [3.63, 3.8) is 0 Å². The Morgan fingerprint density at radius 2 is 2.11 bits per heavy atom. The summed E-state index contributed by atoms with van der Waals surface area (Å²) in [6.07, 6.45) is 1.43. The van der Waals surface area contributed by atoms with E-state index >= 15 is 0 Å². The summed E-state index contributed by atoms with van der Waals surface area (Å²) < 4.78 is 13.3. The third kappa shape index (κ3) is 3.35. The number of aromatic nitrogens is 2. The lowest BCUT2D eigenvalue weighted by Gasteiger charge is -2.14. The summed E-state index contributed by atoms with van der Waals surface area (Å²) in [5.74, 6) is 0.604. The molecule has 1 unspecified atom stereocenters. The maximum atomic E-state index is 11.3. The molecule has 28 heavy (non-hydrogen) atoms. The molecule has 3 aromatic rings. The molecule has 0 saturated carbocycles. The molecule has 2 heterocycles. The average Bonchev–Trinajstić information content (AvgIpc) is 3.10. The van der Waals surface area contributed by atoms with Gasteiger partial charge in [0.25, 0.3) is 11.6 Å². The van der Waals surface area contributed by atoms with E-state index in [4.69, 9.17) is 9.47 Å². The standard InChI is InChI=1S/C22H19N3O3/c1-14-4-3-5-19(15(14)2)20-7-6-17(10-16(20)11-23)27-13-18-12-25-9-8-21(26)24-22(25)28-18/h3-10,18H,12-13H2,1-2H3.